The molecule has 1 aromatic carbocycles. The molecular weight excluding hydrogens is 224 g/mol. The number of carbonyl (C=O) groups excluding carboxylic acids is 2. The van der Waals surface area contributed by atoms with Crippen LogP contribution < -0.4 is 0 Å². The SMILES string of the molecule is O=CCC(c1ccccc1)C1CCCCCC1=O. The van der Waals surface area contributed by atoms with Crippen molar-refractivity contribution >= 4 is 12.1 Å². The monoisotopic (exact) mass is 244 g/mol. The summed E-state index contributed by atoms with van der Waals surface area (Å²) >= 11 is 0. The van der Waals surface area contributed by atoms with Crippen molar-refractivity contribution in [2.24, 2.45) is 5.92 Å². The number of benzene rings is 1. The molecule has 2 atom stereocenters. The molecule has 2 heteroatoms. The first-order chi connectivity index (χ1) is 8.83. The van der Waals surface area contributed by atoms with Crippen molar-refractivity contribution in [3.05, 3.63) is 35.9 Å². The lowest BCUT2D eigenvalue weighted by Gasteiger charge is -2.23. The Hall–Kier alpha value is -1.44. The van der Waals surface area contributed by atoms with Crippen molar-refractivity contribution < 1.29 is 9.59 Å². The standard InChI is InChI=1S/C16H20O2/c17-12-11-14(13-7-3-1-4-8-13)15-9-5-2-6-10-16(15)18/h1,3-4,7-8,12,14-15H,2,5-6,9-11H2. The lowest BCUT2D eigenvalue weighted by Crippen LogP contribution is -2.21. The van der Waals surface area contributed by atoms with E-state index >= 15 is 0 Å². The average Bonchev–Trinajstić information content (AvgIpc) is 2.62. The van der Waals surface area contributed by atoms with Crippen LogP contribution in [0.1, 0.15) is 50.0 Å². The van der Waals surface area contributed by atoms with E-state index in [0.29, 0.717) is 18.6 Å². The fourth-order valence-corrected chi connectivity index (χ4v) is 2.95. The minimum absolute atomic E-state index is 0.0418. The van der Waals surface area contributed by atoms with E-state index in [1.54, 1.807) is 0 Å². The van der Waals surface area contributed by atoms with Crippen LogP contribution >= 0.6 is 0 Å². The molecule has 0 saturated heterocycles. The summed E-state index contributed by atoms with van der Waals surface area (Å²) in [6.07, 6.45) is 6.30. The van der Waals surface area contributed by atoms with Gasteiger partial charge in [0, 0.05) is 24.7 Å². The van der Waals surface area contributed by atoms with Crippen molar-refractivity contribution in [3.63, 3.8) is 0 Å². The topological polar surface area (TPSA) is 34.1 Å². The first-order valence-electron chi connectivity index (χ1n) is 6.84. The molecule has 1 fully saturated rings. The van der Waals surface area contributed by atoms with Crippen molar-refractivity contribution in [2.75, 3.05) is 0 Å². The summed E-state index contributed by atoms with van der Waals surface area (Å²) in [5.41, 5.74) is 1.13. The van der Waals surface area contributed by atoms with Gasteiger partial charge in [0.2, 0.25) is 0 Å². The summed E-state index contributed by atoms with van der Waals surface area (Å²) in [5.74, 6) is 0.470. The highest BCUT2D eigenvalue weighted by Crippen LogP contribution is 2.34. The van der Waals surface area contributed by atoms with E-state index in [1.165, 1.54) is 0 Å². The zero-order valence-corrected chi connectivity index (χ0v) is 10.7. The molecule has 1 saturated carbocycles. The van der Waals surface area contributed by atoms with Gasteiger partial charge in [0.15, 0.2) is 0 Å². The maximum Gasteiger partial charge on any atom is 0.136 e. The van der Waals surface area contributed by atoms with Crippen LogP contribution in [0, 0.1) is 5.92 Å². The quantitative estimate of drug-likeness (QED) is 0.600. The molecule has 0 radical (unpaired) electrons. The summed E-state index contributed by atoms with van der Waals surface area (Å²) in [6.45, 7) is 0. The number of ketones is 1. The first-order valence-corrected chi connectivity index (χ1v) is 6.84. The molecule has 1 aromatic rings. The molecule has 1 aliphatic rings. The van der Waals surface area contributed by atoms with Crippen LogP contribution in [0.2, 0.25) is 0 Å². The van der Waals surface area contributed by atoms with Gasteiger partial charge < -0.3 is 4.79 Å². The lowest BCUT2D eigenvalue weighted by atomic mass is 9.79. The van der Waals surface area contributed by atoms with E-state index in [9.17, 15) is 9.59 Å². The van der Waals surface area contributed by atoms with Crippen LogP contribution in [0.3, 0.4) is 0 Å². The van der Waals surface area contributed by atoms with Gasteiger partial charge in [-0.25, -0.2) is 0 Å². The zero-order valence-electron chi connectivity index (χ0n) is 10.7. The van der Waals surface area contributed by atoms with Gasteiger partial charge in [0.05, 0.1) is 0 Å². The van der Waals surface area contributed by atoms with Crippen LogP contribution in [0.5, 0.6) is 0 Å². The highest BCUT2D eigenvalue weighted by Gasteiger charge is 2.29. The average molecular weight is 244 g/mol. The van der Waals surface area contributed by atoms with Gasteiger partial charge in [-0.1, -0.05) is 43.2 Å². The fourth-order valence-electron chi connectivity index (χ4n) is 2.95. The van der Waals surface area contributed by atoms with E-state index in [4.69, 9.17) is 0 Å². The molecule has 0 amide bonds. The van der Waals surface area contributed by atoms with Crippen molar-refractivity contribution in [1.82, 2.24) is 0 Å². The predicted molar refractivity (Wildman–Crippen MR) is 71.4 cm³/mol. The summed E-state index contributed by atoms with van der Waals surface area (Å²) in [4.78, 5) is 23.1. The van der Waals surface area contributed by atoms with Crippen LogP contribution in [0.25, 0.3) is 0 Å². The molecule has 1 aliphatic carbocycles. The summed E-state index contributed by atoms with van der Waals surface area (Å²) in [7, 11) is 0. The van der Waals surface area contributed by atoms with Gasteiger partial charge in [-0.2, -0.15) is 0 Å². The van der Waals surface area contributed by atoms with Crippen molar-refractivity contribution in [2.45, 2.75) is 44.4 Å². The van der Waals surface area contributed by atoms with Crippen LogP contribution in [0.4, 0.5) is 0 Å². The van der Waals surface area contributed by atoms with Crippen molar-refractivity contribution in [3.8, 4) is 0 Å². The summed E-state index contributed by atoms with van der Waals surface area (Å²) < 4.78 is 0. The maximum absolute atomic E-state index is 12.2. The Morgan fingerprint density at radius 2 is 1.94 bits per heavy atom. The van der Waals surface area contributed by atoms with Gasteiger partial charge in [-0.3, -0.25) is 4.79 Å². The summed E-state index contributed by atoms with van der Waals surface area (Å²) in [5, 5.41) is 0. The largest absolute Gasteiger partial charge is 0.303 e. The Kier molecular flexibility index (Phi) is 4.68. The smallest absolute Gasteiger partial charge is 0.136 e. The lowest BCUT2D eigenvalue weighted by molar-refractivity contribution is -0.123. The van der Waals surface area contributed by atoms with Crippen LogP contribution in [-0.2, 0) is 9.59 Å². The van der Waals surface area contributed by atoms with Crippen molar-refractivity contribution in [1.29, 1.82) is 0 Å². The molecule has 96 valence electrons. The van der Waals surface area contributed by atoms with Crippen LogP contribution in [-0.4, -0.2) is 12.1 Å². The Bertz CT molecular complexity index is 397. The molecule has 0 aliphatic heterocycles. The van der Waals surface area contributed by atoms with Crippen LogP contribution in [0.15, 0.2) is 30.3 Å². The molecule has 0 aromatic heterocycles. The molecule has 0 bridgehead atoms. The number of aldehydes is 1. The molecule has 18 heavy (non-hydrogen) atoms. The normalized spacial score (nSPS) is 22.2. The Morgan fingerprint density at radius 3 is 2.67 bits per heavy atom. The molecule has 0 spiro atoms. The minimum Gasteiger partial charge on any atom is -0.303 e. The van der Waals surface area contributed by atoms with E-state index in [0.717, 1.165) is 37.5 Å². The predicted octanol–water partition coefficient (Wildman–Crippen LogP) is 3.51. The van der Waals surface area contributed by atoms with Gasteiger partial charge in [0.1, 0.15) is 12.1 Å². The maximum atomic E-state index is 12.2. The van der Waals surface area contributed by atoms with Gasteiger partial charge in [-0.05, 0) is 18.4 Å². The van der Waals surface area contributed by atoms with Gasteiger partial charge in [0.25, 0.3) is 0 Å². The van der Waals surface area contributed by atoms with Gasteiger partial charge >= 0.3 is 0 Å². The minimum atomic E-state index is 0.0418. The second-order valence-electron chi connectivity index (χ2n) is 5.09. The van der Waals surface area contributed by atoms with E-state index < -0.39 is 0 Å². The third-order valence-electron chi connectivity index (χ3n) is 3.92. The van der Waals surface area contributed by atoms with Gasteiger partial charge in [-0.15, -0.1) is 0 Å². The fraction of sp³-hybridized carbons (Fsp3) is 0.500. The number of carbonyl (C=O) groups is 2. The Morgan fingerprint density at radius 1 is 1.17 bits per heavy atom. The molecule has 2 unspecified atom stereocenters. The molecule has 0 N–H and O–H groups in total. The molecular formula is C16H20O2. The van der Waals surface area contributed by atoms with E-state index in [1.807, 2.05) is 30.3 Å². The zero-order chi connectivity index (χ0) is 12.8. The Balaban J connectivity index is 2.23. The third kappa shape index (κ3) is 3.06. The van der Waals surface area contributed by atoms with E-state index in [-0.39, 0.29) is 11.8 Å². The number of hydrogen-bond acceptors (Lipinski definition) is 2. The van der Waals surface area contributed by atoms with E-state index in [2.05, 4.69) is 0 Å². The highest BCUT2D eigenvalue weighted by molar-refractivity contribution is 5.82. The molecule has 2 nitrogen and oxygen atoms in total. The second-order valence-corrected chi connectivity index (χ2v) is 5.09. The molecule has 2 rings (SSSR count). The Labute approximate surface area is 108 Å². The third-order valence-corrected chi connectivity index (χ3v) is 3.92. The first kappa shape index (κ1) is 13.0. The summed E-state index contributed by atoms with van der Waals surface area (Å²) in [6, 6.07) is 10.00. The number of rotatable bonds is 4. The molecule has 0 heterocycles. The second kappa shape index (κ2) is 6.48. The number of Topliss-reactive ketones (excluding diaryl/α,β-unsaturated/α-hetero) is 1. The highest BCUT2D eigenvalue weighted by atomic mass is 16.1. The number of hydrogen-bond donors (Lipinski definition) is 0.